The van der Waals surface area contributed by atoms with E-state index >= 15 is 0 Å². The molecule has 0 amide bonds. The molecule has 0 bridgehead atoms. The number of rotatable bonds is 9. The normalized spacial score (nSPS) is 11.0. The maximum absolute atomic E-state index is 11.9. The maximum Gasteiger partial charge on any atom is 0.341 e. The molecule has 2 aromatic carbocycles. The molecule has 0 aliphatic carbocycles. The summed E-state index contributed by atoms with van der Waals surface area (Å²) in [6.45, 7) is -0.682. The van der Waals surface area contributed by atoms with Crippen molar-refractivity contribution in [2.75, 3.05) is 26.1 Å². The molecule has 0 spiro atoms. The van der Waals surface area contributed by atoms with Crippen molar-refractivity contribution in [2.24, 2.45) is 0 Å². The van der Waals surface area contributed by atoms with Crippen molar-refractivity contribution >= 4 is 17.6 Å². The van der Waals surface area contributed by atoms with Crippen LogP contribution in [0.1, 0.15) is 17.2 Å². The number of aliphatic carboxylic acids is 2. The highest BCUT2D eigenvalue weighted by Crippen LogP contribution is 2.40. The number of nitrogens with zero attached hydrogens (tertiary/aromatic N) is 1. The summed E-state index contributed by atoms with van der Waals surface area (Å²) in [7, 11) is 2.75. The molecule has 0 aromatic heterocycles. The fraction of sp³-hybridized carbons (Fsp3) is 0.211. The molecule has 0 fully saturated rings. The van der Waals surface area contributed by atoms with Crippen LogP contribution in [0.15, 0.2) is 36.4 Å². The van der Waals surface area contributed by atoms with E-state index in [2.05, 4.69) is 5.32 Å². The number of carbonyl (C=O) groups is 2. The number of carboxylic acid groups (broad SMARTS) is 2. The Kier molecular flexibility index (Phi) is 6.65. The van der Waals surface area contributed by atoms with E-state index in [1.165, 1.54) is 38.5 Å². The molecule has 0 radical (unpaired) electrons. The largest absolute Gasteiger partial charge is 0.497 e. The van der Waals surface area contributed by atoms with Gasteiger partial charge in [0.15, 0.2) is 24.1 Å². The number of anilines is 1. The molecule has 1 unspecified atom stereocenters. The Hall–Kier alpha value is -3.93. The lowest BCUT2D eigenvalue weighted by molar-refractivity contribution is -0.139. The van der Waals surface area contributed by atoms with Crippen LogP contribution in [0.5, 0.6) is 17.2 Å². The standard InChI is InChI=1S/C19H18N2O7/c1-26-13-7-14(18(15(8-13)27-2)28-10-16(22)23)17(19(24)25)21-12-5-3-11(9-20)4-6-12/h3-8,17,21H,10H2,1-2H3,(H,22,23)(H,24,25). The fourth-order valence-electron chi connectivity index (χ4n) is 2.45. The van der Waals surface area contributed by atoms with Crippen LogP contribution in [0.25, 0.3) is 0 Å². The zero-order valence-corrected chi connectivity index (χ0v) is 15.1. The van der Waals surface area contributed by atoms with E-state index in [9.17, 15) is 14.7 Å². The minimum atomic E-state index is -1.30. The average Bonchev–Trinajstić information content (AvgIpc) is 2.69. The Morgan fingerprint density at radius 3 is 2.32 bits per heavy atom. The molecule has 9 heteroatoms. The Labute approximate surface area is 160 Å². The second kappa shape index (κ2) is 9.14. The molecule has 2 rings (SSSR count). The van der Waals surface area contributed by atoms with Crippen molar-refractivity contribution in [1.82, 2.24) is 0 Å². The summed E-state index contributed by atoms with van der Waals surface area (Å²) in [5.74, 6) is -2.05. The molecular weight excluding hydrogens is 368 g/mol. The first-order valence-electron chi connectivity index (χ1n) is 7.99. The van der Waals surface area contributed by atoms with Gasteiger partial charge in [0.25, 0.3) is 0 Å². The van der Waals surface area contributed by atoms with Gasteiger partial charge in [-0.25, -0.2) is 9.59 Å². The number of hydrogen-bond acceptors (Lipinski definition) is 7. The monoisotopic (exact) mass is 386 g/mol. The van der Waals surface area contributed by atoms with Crippen molar-refractivity contribution in [3.8, 4) is 23.3 Å². The molecule has 0 saturated heterocycles. The molecule has 1 atom stereocenters. The first-order chi connectivity index (χ1) is 13.4. The lowest BCUT2D eigenvalue weighted by Crippen LogP contribution is -2.22. The van der Waals surface area contributed by atoms with Gasteiger partial charge in [-0.1, -0.05) is 0 Å². The second-order valence-corrected chi connectivity index (χ2v) is 5.54. The van der Waals surface area contributed by atoms with Crippen molar-refractivity contribution in [3.05, 3.63) is 47.5 Å². The number of benzene rings is 2. The Balaban J connectivity index is 2.51. The molecule has 0 aliphatic heterocycles. The van der Waals surface area contributed by atoms with Gasteiger partial charge < -0.3 is 29.7 Å². The summed E-state index contributed by atoms with van der Waals surface area (Å²) in [6.07, 6.45) is 0. The molecule has 146 valence electrons. The van der Waals surface area contributed by atoms with Crippen molar-refractivity contribution in [1.29, 1.82) is 5.26 Å². The van der Waals surface area contributed by atoms with Gasteiger partial charge in [0, 0.05) is 17.3 Å². The number of nitrogens with one attached hydrogen (secondary N) is 1. The summed E-state index contributed by atoms with van der Waals surface area (Å²) in [4.78, 5) is 22.9. The van der Waals surface area contributed by atoms with Crippen LogP contribution in [0, 0.1) is 11.3 Å². The van der Waals surface area contributed by atoms with E-state index in [0.717, 1.165) is 0 Å². The summed E-state index contributed by atoms with van der Waals surface area (Å²) in [6, 6.07) is 9.75. The number of nitriles is 1. The molecule has 9 nitrogen and oxygen atoms in total. The molecule has 0 heterocycles. The highest BCUT2D eigenvalue weighted by Gasteiger charge is 2.27. The van der Waals surface area contributed by atoms with Gasteiger partial charge in [-0.05, 0) is 30.3 Å². The van der Waals surface area contributed by atoms with Gasteiger partial charge in [0.2, 0.25) is 0 Å². The molecule has 28 heavy (non-hydrogen) atoms. The molecule has 3 N–H and O–H groups in total. The predicted octanol–water partition coefficient (Wildman–Crippen LogP) is 2.28. The van der Waals surface area contributed by atoms with Gasteiger partial charge >= 0.3 is 11.9 Å². The zero-order chi connectivity index (χ0) is 20.7. The topological polar surface area (TPSA) is 138 Å². The maximum atomic E-state index is 11.9. The van der Waals surface area contributed by atoms with Crippen LogP contribution < -0.4 is 19.5 Å². The van der Waals surface area contributed by atoms with E-state index in [0.29, 0.717) is 17.0 Å². The average molecular weight is 386 g/mol. The van der Waals surface area contributed by atoms with Crippen LogP contribution in [-0.2, 0) is 9.59 Å². The van der Waals surface area contributed by atoms with Gasteiger partial charge in [-0.2, -0.15) is 5.26 Å². The predicted molar refractivity (Wildman–Crippen MR) is 97.8 cm³/mol. The first-order valence-corrected chi connectivity index (χ1v) is 7.99. The van der Waals surface area contributed by atoms with Gasteiger partial charge in [0.05, 0.1) is 25.9 Å². The smallest absolute Gasteiger partial charge is 0.341 e. The summed E-state index contributed by atoms with van der Waals surface area (Å²) >= 11 is 0. The van der Waals surface area contributed by atoms with E-state index in [4.69, 9.17) is 24.6 Å². The number of methoxy groups -OCH3 is 2. The Morgan fingerprint density at radius 1 is 1.14 bits per heavy atom. The van der Waals surface area contributed by atoms with E-state index in [1.54, 1.807) is 12.1 Å². The van der Waals surface area contributed by atoms with Crippen molar-refractivity contribution in [2.45, 2.75) is 6.04 Å². The van der Waals surface area contributed by atoms with Crippen molar-refractivity contribution < 1.29 is 34.0 Å². The Bertz CT molecular complexity index is 904. The van der Waals surface area contributed by atoms with Crippen LogP contribution in [0.4, 0.5) is 5.69 Å². The number of hydrogen-bond donors (Lipinski definition) is 3. The molecule has 0 aliphatic rings. The first kappa shape index (κ1) is 20.4. The third kappa shape index (κ3) is 4.82. The quantitative estimate of drug-likeness (QED) is 0.592. The molecule has 2 aromatic rings. The SMILES string of the molecule is COc1cc(OC)c(OCC(=O)O)c(C(Nc2ccc(C#N)cc2)C(=O)O)c1. The highest BCUT2D eigenvalue weighted by atomic mass is 16.5. The van der Waals surface area contributed by atoms with E-state index in [1.807, 2.05) is 6.07 Å². The van der Waals surface area contributed by atoms with Gasteiger partial charge in [-0.15, -0.1) is 0 Å². The van der Waals surface area contributed by atoms with E-state index < -0.39 is 24.6 Å². The minimum Gasteiger partial charge on any atom is -0.497 e. The lowest BCUT2D eigenvalue weighted by Gasteiger charge is -2.22. The van der Waals surface area contributed by atoms with Gasteiger partial charge in [-0.3, -0.25) is 0 Å². The number of ether oxygens (including phenoxy) is 3. The molecular formula is C19H18N2O7. The van der Waals surface area contributed by atoms with E-state index in [-0.39, 0.29) is 17.1 Å². The van der Waals surface area contributed by atoms with Gasteiger partial charge in [0.1, 0.15) is 5.75 Å². The van der Waals surface area contributed by atoms with Crippen LogP contribution in [0.2, 0.25) is 0 Å². The fourth-order valence-corrected chi connectivity index (χ4v) is 2.45. The Morgan fingerprint density at radius 2 is 1.82 bits per heavy atom. The third-order valence-electron chi connectivity index (χ3n) is 3.74. The number of carboxylic acids is 2. The van der Waals surface area contributed by atoms with Crippen LogP contribution in [-0.4, -0.2) is 43.0 Å². The van der Waals surface area contributed by atoms with Crippen molar-refractivity contribution in [3.63, 3.8) is 0 Å². The zero-order valence-electron chi connectivity index (χ0n) is 15.1. The molecule has 0 saturated carbocycles. The van der Waals surface area contributed by atoms with Crippen LogP contribution in [0.3, 0.4) is 0 Å². The second-order valence-electron chi connectivity index (χ2n) is 5.54. The third-order valence-corrected chi connectivity index (χ3v) is 3.74. The van der Waals surface area contributed by atoms with Crippen LogP contribution >= 0.6 is 0 Å². The summed E-state index contributed by atoms with van der Waals surface area (Å²) < 4.78 is 15.7. The highest BCUT2D eigenvalue weighted by molar-refractivity contribution is 5.81. The summed E-state index contributed by atoms with van der Waals surface area (Å²) in [5.41, 5.74) is 0.984. The lowest BCUT2D eigenvalue weighted by atomic mass is 10.0. The minimum absolute atomic E-state index is 0.0285. The summed E-state index contributed by atoms with van der Waals surface area (Å²) in [5, 5.41) is 30.4.